The van der Waals surface area contributed by atoms with Gasteiger partial charge in [-0.25, -0.2) is 0 Å². The van der Waals surface area contributed by atoms with Crippen molar-refractivity contribution in [3.05, 3.63) is 97.2 Å². The molecule has 1 unspecified atom stereocenters. The van der Waals surface area contributed by atoms with Crippen LogP contribution in [0.5, 0.6) is 0 Å². The second-order valence-corrected chi connectivity index (χ2v) is 17.8. The van der Waals surface area contributed by atoms with Crippen molar-refractivity contribution in [1.29, 1.82) is 0 Å². The zero-order chi connectivity index (χ0) is 47.9. The highest BCUT2D eigenvalue weighted by Gasteiger charge is 2.19. The number of hydrogen-bond donors (Lipinski definition) is 0. The minimum absolute atomic E-state index is 0.0904. The first-order valence-electron chi connectivity index (χ1n) is 27.2. The van der Waals surface area contributed by atoms with E-state index >= 15 is 0 Å². The average Bonchev–Trinajstić information content (AvgIpc) is 3.31. The molecule has 0 bridgehead atoms. The SMILES string of the molecule is CC/C=C\C/C=C\C/C=C\C/C=C\C/C=C\C/C=C\C/C=C\CCCCCC(=O)OCC(COC(=O)CCCCCCCC)OC(=O)CCCCCCCCC/C=C\CCCCCCCC. The van der Waals surface area contributed by atoms with Crippen molar-refractivity contribution in [3.63, 3.8) is 0 Å². The lowest BCUT2D eigenvalue weighted by molar-refractivity contribution is -0.167. The third kappa shape index (κ3) is 51.3. The van der Waals surface area contributed by atoms with Gasteiger partial charge in [-0.1, -0.05) is 221 Å². The highest BCUT2D eigenvalue weighted by atomic mass is 16.6. The summed E-state index contributed by atoms with van der Waals surface area (Å²) in [5.41, 5.74) is 0. The summed E-state index contributed by atoms with van der Waals surface area (Å²) in [6, 6.07) is 0. The van der Waals surface area contributed by atoms with Gasteiger partial charge in [0.05, 0.1) is 0 Å². The van der Waals surface area contributed by atoms with Gasteiger partial charge in [0.2, 0.25) is 0 Å². The number of carbonyl (C=O) groups excluding carboxylic acids is 3. The molecule has 0 aliphatic heterocycles. The zero-order valence-electron chi connectivity index (χ0n) is 42.9. The van der Waals surface area contributed by atoms with Crippen molar-refractivity contribution in [1.82, 2.24) is 0 Å². The minimum atomic E-state index is -0.791. The molecule has 0 rings (SSSR count). The molecule has 0 aromatic heterocycles. The van der Waals surface area contributed by atoms with Gasteiger partial charge in [-0.05, 0) is 103 Å². The first-order chi connectivity index (χ1) is 32.5. The molecule has 1 atom stereocenters. The van der Waals surface area contributed by atoms with Crippen LogP contribution >= 0.6 is 0 Å². The molecule has 0 spiro atoms. The van der Waals surface area contributed by atoms with Gasteiger partial charge in [0.25, 0.3) is 0 Å². The van der Waals surface area contributed by atoms with Crippen LogP contribution in [-0.4, -0.2) is 37.2 Å². The fraction of sp³-hybridized carbons (Fsp3) is 0.683. The van der Waals surface area contributed by atoms with Crippen LogP contribution in [-0.2, 0) is 28.6 Å². The molecule has 0 radical (unpaired) electrons. The van der Waals surface area contributed by atoms with Crippen molar-refractivity contribution in [2.45, 2.75) is 252 Å². The van der Waals surface area contributed by atoms with Crippen molar-refractivity contribution < 1.29 is 28.6 Å². The number of unbranched alkanes of at least 4 members (excludes halogenated alkanes) is 21. The summed E-state index contributed by atoms with van der Waals surface area (Å²) in [6.07, 6.45) is 71.4. The third-order valence-electron chi connectivity index (χ3n) is 11.3. The molecule has 0 aliphatic rings. The summed E-state index contributed by atoms with van der Waals surface area (Å²) in [5, 5.41) is 0. The fourth-order valence-corrected chi connectivity index (χ4v) is 7.24. The molecule has 0 saturated heterocycles. The number of rotatable bonds is 48. The molecular weight excluding hydrogens is 817 g/mol. The van der Waals surface area contributed by atoms with Gasteiger partial charge in [0.1, 0.15) is 13.2 Å². The third-order valence-corrected chi connectivity index (χ3v) is 11.3. The Kier molecular flexibility index (Phi) is 50.9. The molecule has 6 heteroatoms. The van der Waals surface area contributed by atoms with Crippen molar-refractivity contribution in [3.8, 4) is 0 Å². The van der Waals surface area contributed by atoms with Crippen LogP contribution in [0.25, 0.3) is 0 Å². The fourth-order valence-electron chi connectivity index (χ4n) is 7.24. The maximum Gasteiger partial charge on any atom is 0.306 e. The second-order valence-electron chi connectivity index (χ2n) is 17.8. The van der Waals surface area contributed by atoms with Gasteiger partial charge in [0.15, 0.2) is 6.10 Å². The van der Waals surface area contributed by atoms with E-state index in [1.54, 1.807) is 0 Å². The van der Waals surface area contributed by atoms with Crippen molar-refractivity contribution >= 4 is 17.9 Å². The quantitative estimate of drug-likeness (QED) is 0.0262. The Morgan fingerprint density at radius 3 is 0.955 bits per heavy atom. The molecule has 0 amide bonds. The number of allylic oxidation sites excluding steroid dienone is 16. The van der Waals surface area contributed by atoms with E-state index in [0.717, 1.165) is 109 Å². The molecule has 0 heterocycles. The van der Waals surface area contributed by atoms with Gasteiger partial charge in [-0.15, -0.1) is 0 Å². The Balaban J connectivity index is 4.27. The average molecular weight is 917 g/mol. The topological polar surface area (TPSA) is 78.9 Å². The monoisotopic (exact) mass is 917 g/mol. The lowest BCUT2D eigenvalue weighted by Crippen LogP contribution is -2.30. The molecule has 0 aliphatic carbocycles. The number of esters is 3. The van der Waals surface area contributed by atoms with Crippen LogP contribution in [0.4, 0.5) is 0 Å². The van der Waals surface area contributed by atoms with E-state index in [9.17, 15) is 14.4 Å². The lowest BCUT2D eigenvalue weighted by atomic mass is 10.1. The van der Waals surface area contributed by atoms with E-state index in [4.69, 9.17) is 14.2 Å². The lowest BCUT2D eigenvalue weighted by Gasteiger charge is -2.18. The molecule has 0 aromatic carbocycles. The Morgan fingerprint density at radius 1 is 0.318 bits per heavy atom. The molecular formula is C60H100O6. The van der Waals surface area contributed by atoms with Crippen molar-refractivity contribution in [2.24, 2.45) is 0 Å². The molecule has 6 nitrogen and oxygen atoms in total. The van der Waals surface area contributed by atoms with E-state index in [0.29, 0.717) is 19.3 Å². The minimum Gasteiger partial charge on any atom is -0.462 e. The maximum atomic E-state index is 12.8. The molecule has 0 N–H and O–H groups in total. The molecule has 66 heavy (non-hydrogen) atoms. The van der Waals surface area contributed by atoms with E-state index < -0.39 is 6.10 Å². The number of carbonyl (C=O) groups is 3. The summed E-state index contributed by atoms with van der Waals surface area (Å²) in [5.74, 6) is -0.940. The smallest absolute Gasteiger partial charge is 0.306 e. The highest BCUT2D eigenvalue weighted by molar-refractivity contribution is 5.71. The van der Waals surface area contributed by atoms with Crippen LogP contribution in [0, 0.1) is 0 Å². The largest absolute Gasteiger partial charge is 0.462 e. The number of ether oxygens (including phenoxy) is 3. The van der Waals surface area contributed by atoms with Gasteiger partial charge >= 0.3 is 17.9 Å². The highest BCUT2D eigenvalue weighted by Crippen LogP contribution is 2.14. The summed E-state index contributed by atoms with van der Waals surface area (Å²) in [4.78, 5) is 37.8. The Bertz CT molecular complexity index is 1330. The Morgan fingerprint density at radius 2 is 0.591 bits per heavy atom. The maximum absolute atomic E-state index is 12.8. The van der Waals surface area contributed by atoms with Crippen LogP contribution in [0.1, 0.15) is 245 Å². The van der Waals surface area contributed by atoms with E-state index in [1.165, 1.54) is 96.3 Å². The first kappa shape index (κ1) is 62.3. The van der Waals surface area contributed by atoms with Crippen LogP contribution in [0.2, 0.25) is 0 Å². The van der Waals surface area contributed by atoms with E-state index in [1.807, 2.05) is 0 Å². The normalized spacial score (nSPS) is 12.8. The summed E-state index contributed by atoms with van der Waals surface area (Å²) < 4.78 is 16.7. The predicted octanol–water partition coefficient (Wildman–Crippen LogP) is 18.1. The zero-order valence-corrected chi connectivity index (χ0v) is 42.9. The van der Waals surface area contributed by atoms with Gasteiger partial charge in [0, 0.05) is 19.3 Å². The summed E-state index contributed by atoms with van der Waals surface area (Å²) in [6.45, 7) is 6.42. The first-order valence-corrected chi connectivity index (χ1v) is 27.2. The standard InChI is InChI=1S/C60H100O6/c1-4-7-10-13-16-18-20-22-24-26-27-28-29-30-31-32-33-35-36-38-40-42-44-47-50-53-59(62)65-56-57(55-64-58(61)52-49-46-15-12-9-6-3)66-60(63)54-51-48-45-43-41-39-37-34-25-23-21-19-17-14-11-8-5-2/h7,10,16,18,22-25,27-28,30-31,33,35,38,40,57H,4-6,8-9,11-15,17,19-21,26,29,32,34,36-37,39,41-56H2,1-3H3/b10-7-,18-16-,24-22-,25-23-,28-27-,31-30-,35-33-,40-38-. The summed E-state index contributed by atoms with van der Waals surface area (Å²) in [7, 11) is 0. The van der Waals surface area contributed by atoms with Gasteiger partial charge < -0.3 is 14.2 Å². The van der Waals surface area contributed by atoms with Crippen molar-refractivity contribution in [2.75, 3.05) is 13.2 Å². The van der Waals surface area contributed by atoms with E-state index in [-0.39, 0.29) is 31.1 Å². The molecule has 376 valence electrons. The Labute approximate surface area is 407 Å². The van der Waals surface area contributed by atoms with Gasteiger partial charge in [-0.3, -0.25) is 14.4 Å². The van der Waals surface area contributed by atoms with Gasteiger partial charge in [-0.2, -0.15) is 0 Å². The predicted molar refractivity (Wildman–Crippen MR) is 284 cm³/mol. The van der Waals surface area contributed by atoms with E-state index in [2.05, 4.69) is 118 Å². The van der Waals surface area contributed by atoms with Crippen LogP contribution < -0.4 is 0 Å². The van der Waals surface area contributed by atoms with Crippen LogP contribution in [0.15, 0.2) is 97.2 Å². The molecule has 0 saturated carbocycles. The Hall–Kier alpha value is -3.67. The molecule has 0 aromatic rings. The summed E-state index contributed by atoms with van der Waals surface area (Å²) >= 11 is 0. The second kappa shape index (κ2) is 53.9. The number of hydrogen-bond acceptors (Lipinski definition) is 6. The molecule has 0 fully saturated rings. The van der Waals surface area contributed by atoms with Crippen LogP contribution in [0.3, 0.4) is 0 Å².